The van der Waals surface area contributed by atoms with Crippen molar-refractivity contribution in [3.63, 3.8) is 0 Å². The van der Waals surface area contributed by atoms with Gasteiger partial charge in [-0.15, -0.1) is 0 Å². The molecule has 0 fully saturated rings. The molecule has 0 unspecified atom stereocenters. The molecule has 3 nitrogen and oxygen atoms in total. The van der Waals surface area contributed by atoms with E-state index in [1.54, 1.807) is 4.73 Å². The average molecular weight is 297 g/mol. The third-order valence-corrected chi connectivity index (χ3v) is 3.88. The second-order valence-corrected chi connectivity index (χ2v) is 5.23. The number of pyridine rings is 1. The first-order valence-corrected chi connectivity index (χ1v) is 7.36. The summed E-state index contributed by atoms with van der Waals surface area (Å²) in [7, 11) is 0. The molecule has 0 bridgehead atoms. The number of aromatic nitrogens is 1. The maximum Gasteiger partial charge on any atom is 0.223 e. The Hall–Kier alpha value is -3.38. The Morgan fingerprint density at radius 1 is 0.696 bits per heavy atom. The van der Waals surface area contributed by atoms with Gasteiger partial charge in [-0.25, -0.2) is 4.84 Å². The number of nitriles is 1. The van der Waals surface area contributed by atoms with Gasteiger partial charge < -0.3 is 0 Å². The Balaban J connectivity index is 2.10. The molecule has 4 aromatic rings. The summed E-state index contributed by atoms with van der Waals surface area (Å²) in [6.45, 7) is 0. The summed E-state index contributed by atoms with van der Waals surface area (Å²) < 4.78 is 1.67. The maximum absolute atomic E-state index is 9.62. The SMILES string of the molecule is N#Cc1c2ccccc2c(O[n+]2ccccc2)c2ccccc12. The average Bonchev–Trinajstić information content (AvgIpc) is 2.62. The van der Waals surface area contributed by atoms with E-state index < -0.39 is 0 Å². The van der Waals surface area contributed by atoms with E-state index in [1.165, 1.54) is 0 Å². The summed E-state index contributed by atoms with van der Waals surface area (Å²) in [6.07, 6.45) is 3.70. The summed E-state index contributed by atoms with van der Waals surface area (Å²) in [4.78, 5) is 6.11. The largest absolute Gasteiger partial charge is 0.230 e. The van der Waals surface area contributed by atoms with Gasteiger partial charge in [-0.2, -0.15) is 5.26 Å². The molecule has 108 valence electrons. The predicted molar refractivity (Wildman–Crippen MR) is 88.8 cm³/mol. The number of hydrogen-bond acceptors (Lipinski definition) is 2. The van der Waals surface area contributed by atoms with Crippen molar-refractivity contribution in [2.45, 2.75) is 0 Å². The van der Waals surface area contributed by atoms with Gasteiger partial charge in [-0.05, 0) is 0 Å². The highest BCUT2D eigenvalue weighted by atomic mass is 16.7. The molecule has 0 radical (unpaired) electrons. The summed E-state index contributed by atoms with van der Waals surface area (Å²) in [6, 6.07) is 23.8. The van der Waals surface area contributed by atoms with Crippen molar-refractivity contribution < 1.29 is 9.57 Å². The summed E-state index contributed by atoms with van der Waals surface area (Å²) >= 11 is 0. The van der Waals surface area contributed by atoms with Gasteiger partial charge in [-0.3, -0.25) is 0 Å². The number of benzene rings is 3. The predicted octanol–water partition coefficient (Wildman–Crippen LogP) is 3.99. The number of hydrogen-bond donors (Lipinski definition) is 0. The van der Waals surface area contributed by atoms with Crippen LogP contribution in [0.15, 0.2) is 79.1 Å². The van der Waals surface area contributed by atoms with Gasteiger partial charge in [0.1, 0.15) is 6.07 Å². The normalized spacial score (nSPS) is 10.6. The molecule has 0 N–H and O–H groups in total. The van der Waals surface area contributed by atoms with Crippen LogP contribution in [0.2, 0.25) is 0 Å². The highest BCUT2D eigenvalue weighted by Crippen LogP contribution is 2.37. The summed E-state index contributed by atoms with van der Waals surface area (Å²) in [5.41, 5.74) is 0.682. The summed E-state index contributed by atoms with van der Waals surface area (Å²) in [5, 5.41) is 13.3. The molecule has 0 saturated carbocycles. The molecule has 0 aliphatic rings. The zero-order valence-corrected chi connectivity index (χ0v) is 12.3. The number of rotatable bonds is 2. The van der Waals surface area contributed by atoms with E-state index >= 15 is 0 Å². The maximum atomic E-state index is 9.62. The van der Waals surface area contributed by atoms with Crippen LogP contribution in [0.4, 0.5) is 0 Å². The molecular weight excluding hydrogens is 284 g/mol. The van der Waals surface area contributed by atoms with Crippen molar-refractivity contribution in [1.29, 1.82) is 5.26 Å². The van der Waals surface area contributed by atoms with Crippen molar-refractivity contribution >= 4 is 21.5 Å². The molecule has 0 aliphatic carbocycles. The standard InChI is InChI=1S/C20H13N2O/c21-14-19-15-8-2-4-10-17(15)20(18-11-5-3-9-16(18)19)23-22-12-6-1-7-13-22/h1-13H/q+1. The minimum atomic E-state index is 0.682. The van der Waals surface area contributed by atoms with Gasteiger partial charge in [0, 0.05) is 38.4 Å². The van der Waals surface area contributed by atoms with Crippen LogP contribution in [0, 0.1) is 11.3 Å². The van der Waals surface area contributed by atoms with Crippen LogP contribution < -0.4 is 9.57 Å². The molecule has 23 heavy (non-hydrogen) atoms. The van der Waals surface area contributed by atoms with Crippen LogP contribution in [0.5, 0.6) is 5.75 Å². The van der Waals surface area contributed by atoms with Crippen molar-refractivity contribution in [1.82, 2.24) is 0 Å². The zero-order chi connectivity index (χ0) is 15.6. The van der Waals surface area contributed by atoms with Crippen LogP contribution in [-0.4, -0.2) is 0 Å². The van der Waals surface area contributed by atoms with Gasteiger partial charge >= 0.3 is 0 Å². The lowest BCUT2D eigenvalue weighted by molar-refractivity contribution is -0.874. The topological polar surface area (TPSA) is 36.9 Å². The molecule has 0 amide bonds. The van der Waals surface area contributed by atoms with Gasteiger partial charge in [0.2, 0.25) is 18.1 Å². The van der Waals surface area contributed by atoms with Crippen molar-refractivity contribution in [3.05, 3.63) is 84.7 Å². The Kier molecular flexibility index (Phi) is 3.14. The molecular formula is C20H13N2O+. The second kappa shape index (κ2) is 5.43. The third-order valence-electron chi connectivity index (χ3n) is 3.88. The van der Waals surface area contributed by atoms with Crippen molar-refractivity contribution in [2.24, 2.45) is 0 Å². The molecule has 0 spiro atoms. The minimum Gasteiger partial charge on any atom is -0.230 e. The van der Waals surface area contributed by atoms with Gasteiger partial charge in [0.25, 0.3) is 0 Å². The van der Waals surface area contributed by atoms with Gasteiger partial charge in [-0.1, -0.05) is 54.6 Å². The number of fused-ring (bicyclic) bond motifs is 2. The second-order valence-electron chi connectivity index (χ2n) is 5.23. The molecule has 4 rings (SSSR count). The molecule has 0 atom stereocenters. The van der Waals surface area contributed by atoms with Crippen LogP contribution in [-0.2, 0) is 0 Å². The fraction of sp³-hybridized carbons (Fsp3) is 0. The first kappa shape index (κ1) is 13.3. The zero-order valence-electron chi connectivity index (χ0n) is 12.3. The Labute approximate surface area is 133 Å². The van der Waals surface area contributed by atoms with E-state index in [-0.39, 0.29) is 0 Å². The first-order chi connectivity index (χ1) is 11.4. The monoisotopic (exact) mass is 297 g/mol. The van der Waals surface area contributed by atoms with Gasteiger partial charge in [0.05, 0.1) is 5.56 Å². The van der Waals surface area contributed by atoms with E-state index in [0.717, 1.165) is 27.3 Å². The smallest absolute Gasteiger partial charge is 0.223 e. The molecule has 0 aliphatic heterocycles. The highest BCUT2D eigenvalue weighted by Gasteiger charge is 2.17. The molecule has 1 heterocycles. The van der Waals surface area contributed by atoms with Crippen molar-refractivity contribution in [2.75, 3.05) is 0 Å². The van der Waals surface area contributed by atoms with Crippen LogP contribution in [0.3, 0.4) is 0 Å². The van der Waals surface area contributed by atoms with Crippen LogP contribution in [0.1, 0.15) is 5.56 Å². The lowest BCUT2D eigenvalue weighted by atomic mass is 9.96. The van der Waals surface area contributed by atoms with E-state index in [4.69, 9.17) is 4.84 Å². The fourth-order valence-electron chi connectivity index (χ4n) is 2.86. The molecule has 3 aromatic carbocycles. The van der Waals surface area contributed by atoms with Gasteiger partial charge in [0.15, 0.2) is 0 Å². The van der Waals surface area contributed by atoms with E-state index in [0.29, 0.717) is 5.56 Å². The minimum absolute atomic E-state index is 0.682. The highest BCUT2D eigenvalue weighted by molar-refractivity contribution is 6.10. The fourth-order valence-corrected chi connectivity index (χ4v) is 2.86. The van der Waals surface area contributed by atoms with E-state index in [2.05, 4.69) is 6.07 Å². The van der Waals surface area contributed by atoms with Crippen LogP contribution >= 0.6 is 0 Å². The Morgan fingerprint density at radius 3 is 1.74 bits per heavy atom. The van der Waals surface area contributed by atoms with E-state index in [1.807, 2.05) is 79.1 Å². The van der Waals surface area contributed by atoms with E-state index in [9.17, 15) is 5.26 Å². The molecule has 1 aromatic heterocycles. The quantitative estimate of drug-likeness (QED) is 0.414. The van der Waals surface area contributed by atoms with Crippen molar-refractivity contribution in [3.8, 4) is 11.8 Å². The number of nitrogens with zero attached hydrogens (tertiary/aromatic N) is 2. The molecule has 0 saturated heterocycles. The lowest BCUT2D eigenvalue weighted by Crippen LogP contribution is -2.38. The summed E-state index contributed by atoms with van der Waals surface area (Å²) in [5.74, 6) is 0.756. The Morgan fingerprint density at radius 2 is 1.22 bits per heavy atom. The molecule has 3 heteroatoms. The van der Waals surface area contributed by atoms with Crippen LogP contribution in [0.25, 0.3) is 21.5 Å². The third kappa shape index (κ3) is 2.18. The lowest BCUT2D eigenvalue weighted by Gasteiger charge is -2.10. The first-order valence-electron chi connectivity index (χ1n) is 7.36. The Bertz CT molecular complexity index is 993.